The zero-order valence-electron chi connectivity index (χ0n) is 52.2. The maximum Gasteiger partial charge on any atom is 0.306 e. The molecule has 0 N–H and O–H groups in total. The lowest BCUT2D eigenvalue weighted by molar-refractivity contribution is -0.167. The minimum Gasteiger partial charge on any atom is -0.462 e. The largest absolute Gasteiger partial charge is 0.462 e. The molecule has 0 heterocycles. The molecule has 0 radical (unpaired) electrons. The smallest absolute Gasteiger partial charge is 0.306 e. The number of hydrogen-bond donors (Lipinski definition) is 0. The van der Waals surface area contributed by atoms with Gasteiger partial charge in [0.25, 0.3) is 0 Å². The SMILES string of the molecule is CC/C=C\C/C=C\C/C=C\C/C=C\C/C=C\C/C=C\C/C=C\CCCC(=O)OCC(COC(=O)CCCCCCCCCCC/C=C\C/C=C\CCCCC)OC(=O)CCCCCCCCCC/C=C\C/C=C\C/C=C\C/C=C\CC. The average Bonchev–Trinajstić information content (AvgIpc) is 3.47. The van der Waals surface area contributed by atoms with E-state index < -0.39 is 6.10 Å². The zero-order valence-corrected chi connectivity index (χ0v) is 52.2. The third-order valence-electron chi connectivity index (χ3n) is 13.5. The van der Waals surface area contributed by atoms with E-state index in [2.05, 4.69) is 179 Å². The highest BCUT2D eigenvalue weighted by Crippen LogP contribution is 2.15. The van der Waals surface area contributed by atoms with Gasteiger partial charge in [0, 0.05) is 19.3 Å². The maximum atomic E-state index is 12.9. The van der Waals surface area contributed by atoms with Crippen LogP contribution in [0.25, 0.3) is 0 Å². The van der Waals surface area contributed by atoms with Crippen molar-refractivity contribution in [3.05, 3.63) is 158 Å². The van der Waals surface area contributed by atoms with E-state index in [9.17, 15) is 14.4 Å². The molecule has 0 aliphatic carbocycles. The first kappa shape index (κ1) is 76.0. The van der Waals surface area contributed by atoms with Crippen molar-refractivity contribution in [3.8, 4) is 0 Å². The highest BCUT2D eigenvalue weighted by Gasteiger charge is 2.19. The van der Waals surface area contributed by atoms with Crippen molar-refractivity contribution in [2.24, 2.45) is 0 Å². The minimum absolute atomic E-state index is 0.108. The van der Waals surface area contributed by atoms with Gasteiger partial charge < -0.3 is 14.2 Å². The highest BCUT2D eigenvalue weighted by atomic mass is 16.6. The topological polar surface area (TPSA) is 78.9 Å². The van der Waals surface area contributed by atoms with Crippen LogP contribution < -0.4 is 0 Å². The molecule has 0 aliphatic rings. The van der Waals surface area contributed by atoms with Gasteiger partial charge in [-0.1, -0.05) is 275 Å². The monoisotopic (exact) mass is 1120 g/mol. The molecule has 0 saturated heterocycles. The molecule has 0 aliphatic heterocycles. The lowest BCUT2D eigenvalue weighted by atomic mass is 10.1. The molecule has 0 fully saturated rings. The Morgan fingerprint density at radius 1 is 0.259 bits per heavy atom. The Balaban J connectivity index is 4.53. The van der Waals surface area contributed by atoms with Crippen LogP contribution in [0.4, 0.5) is 0 Å². The van der Waals surface area contributed by atoms with Gasteiger partial charge in [0.1, 0.15) is 13.2 Å². The molecule has 0 amide bonds. The van der Waals surface area contributed by atoms with E-state index in [-0.39, 0.29) is 37.5 Å². The van der Waals surface area contributed by atoms with Gasteiger partial charge in [0.05, 0.1) is 0 Å². The molecule has 0 aromatic heterocycles. The number of carbonyl (C=O) groups is 3. The summed E-state index contributed by atoms with van der Waals surface area (Å²) in [5.74, 6) is -0.982. The summed E-state index contributed by atoms with van der Waals surface area (Å²) in [6.07, 6.45) is 98.2. The second kappa shape index (κ2) is 67.5. The Morgan fingerprint density at radius 3 is 0.802 bits per heavy atom. The van der Waals surface area contributed by atoms with E-state index in [0.29, 0.717) is 19.3 Å². The van der Waals surface area contributed by atoms with Crippen molar-refractivity contribution < 1.29 is 28.6 Å². The van der Waals surface area contributed by atoms with Gasteiger partial charge in [-0.3, -0.25) is 14.4 Å². The number of ether oxygens (including phenoxy) is 3. The molecule has 81 heavy (non-hydrogen) atoms. The molecule has 0 aromatic rings. The first-order valence-electron chi connectivity index (χ1n) is 33.0. The molecule has 0 bridgehead atoms. The maximum absolute atomic E-state index is 12.9. The van der Waals surface area contributed by atoms with Crippen molar-refractivity contribution in [1.82, 2.24) is 0 Å². The van der Waals surface area contributed by atoms with Crippen LogP contribution in [0.15, 0.2) is 158 Å². The van der Waals surface area contributed by atoms with Gasteiger partial charge in [-0.2, -0.15) is 0 Å². The lowest BCUT2D eigenvalue weighted by Gasteiger charge is -2.18. The Kier molecular flexibility index (Phi) is 63.4. The third kappa shape index (κ3) is 65.7. The first-order chi connectivity index (χ1) is 40.0. The van der Waals surface area contributed by atoms with E-state index in [1.54, 1.807) is 0 Å². The van der Waals surface area contributed by atoms with Gasteiger partial charge >= 0.3 is 17.9 Å². The van der Waals surface area contributed by atoms with Crippen LogP contribution in [0.5, 0.6) is 0 Å². The second-order valence-electron chi connectivity index (χ2n) is 21.3. The van der Waals surface area contributed by atoms with Crippen molar-refractivity contribution in [1.29, 1.82) is 0 Å². The van der Waals surface area contributed by atoms with Gasteiger partial charge in [0.2, 0.25) is 0 Å². The summed E-state index contributed by atoms with van der Waals surface area (Å²) in [5.41, 5.74) is 0. The molecular formula is C75H120O6. The van der Waals surface area contributed by atoms with E-state index in [1.807, 2.05) is 0 Å². The van der Waals surface area contributed by atoms with E-state index in [4.69, 9.17) is 14.2 Å². The molecule has 6 nitrogen and oxygen atoms in total. The Morgan fingerprint density at radius 2 is 0.494 bits per heavy atom. The fourth-order valence-corrected chi connectivity index (χ4v) is 8.63. The van der Waals surface area contributed by atoms with Crippen LogP contribution in [0.3, 0.4) is 0 Å². The van der Waals surface area contributed by atoms with Crippen molar-refractivity contribution in [2.45, 2.75) is 284 Å². The number of hydrogen-bond acceptors (Lipinski definition) is 6. The Labute approximate surface area is 499 Å². The van der Waals surface area contributed by atoms with Crippen molar-refractivity contribution >= 4 is 17.9 Å². The number of esters is 3. The van der Waals surface area contributed by atoms with Gasteiger partial charge in [-0.15, -0.1) is 0 Å². The number of unbranched alkanes of at least 4 members (excludes halogenated alkanes) is 21. The predicted molar refractivity (Wildman–Crippen MR) is 352 cm³/mol. The van der Waals surface area contributed by atoms with Crippen molar-refractivity contribution in [3.63, 3.8) is 0 Å². The minimum atomic E-state index is -0.818. The van der Waals surface area contributed by atoms with E-state index >= 15 is 0 Å². The Hall–Kier alpha value is -4.97. The lowest BCUT2D eigenvalue weighted by Crippen LogP contribution is -2.30. The number of rotatable bonds is 58. The molecule has 6 heteroatoms. The van der Waals surface area contributed by atoms with E-state index in [1.165, 1.54) is 103 Å². The standard InChI is InChI=1S/C75H120O6/c1-4-7-10-13-16-19-22-25-28-31-34-36-37-39-41-44-47-50-53-56-59-62-65-68-74(77)80-71-72(70-79-73(76)67-64-61-58-55-52-49-46-43-40-33-30-27-24-21-18-15-12-9-6-3)81-75(78)69-66-63-60-57-54-51-48-45-42-38-35-32-29-26-23-20-17-14-11-8-5-2/h7-8,10-11,16-21,25-30,34-36,38-39,41,47,50,56,59,72H,4-6,9,12-15,22-24,31-33,37,40,42-46,48-49,51-55,57-58,60-71H2,1-3H3/b10-7-,11-8-,19-16-,20-17-,21-18-,28-25-,29-26-,30-27-,36-34-,38-35-,41-39-,50-47-,59-56-. The summed E-state index contributed by atoms with van der Waals surface area (Å²) in [7, 11) is 0. The summed E-state index contributed by atoms with van der Waals surface area (Å²) in [5, 5.41) is 0. The summed E-state index contributed by atoms with van der Waals surface area (Å²) in [6.45, 7) is 6.34. The molecule has 0 rings (SSSR count). The van der Waals surface area contributed by atoms with Gasteiger partial charge in [0.15, 0.2) is 6.10 Å². The average molecular weight is 1120 g/mol. The number of carbonyl (C=O) groups excluding carboxylic acids is 3. The van der Waals surface area contributed by atoms with Crippen LogP contribution in [-0.2, 0) is 28.6 Å². The van der Waals surface area contributed by atoms with Crippen LogP contribution >= 0.6 is 0 Å². The van der Waals surface area contributed by atoms with E-state index in [0.717, 1.165) is 128 Å². The summed E-state index contributed by atoms with van der Waals surface area (Å²) in [6, 6.07) is 0. The van der Waals surface area contributed by atoms with Gasteiger partial charge in [-0.25, -0.2) is 0 Å². The fraction of sp³-hybridized carbons (Fsp3) is 0.613. The molecular weight excluding hydrogens is 997 g/mol. The van der Waals surface area contributed by atoms with Crippen LogP contribution in [0.1, 0.15) is 278 Å². The first-order valence-corrected chi connectivity index (χ1v) is 33.0. The van der Waals surface area contributed by atoms with Crippen molar-refractivity contribution in [2.75, 3.05) is 13.2 Å². The van der Waals surface area contributed by atoms with Crippen LogP contribution in [0, 0.1) is 0 Å². The quantitative estimate of drug-likeness (QED) is 0.0261. The summed E-state index contributed by atoms with van der Waals surface area (Å²) < 4.78 is 16.9. The highest BCUT2D eigenvalue weighted by molar-refractivity contribution is 5.71. The second-order valence-corrected chi connectivity index (χ2v) is 21.3. The predicted octanol–water partition coefficient (Wildman–Crippen LogP) is 22.9. The molecule has 456 valence electrons. The summed E-state index contributed by atoms with van der Waals surface area (Å²) >= 11 is 0. The zero-order chi connectivity index (χ0) is 58.5. The normalized spacial score (nSPS) is 13.2. The third-order valence-corrected chi connectivity index (χ3v) is 13.5. The van der Waals surface area contributed by atoms with Crippen LogP contribution in [0.2, 0.25) is 0 Å². The van der Waals surface area contributed by atoms with Crippen LogP contribution in [-0.4, -0.2) is 37.2 Å². The fourth-order valence-electron chi connectivity index (χ4n) is 8.63. The number of allylic oxidation sites excluding steroid dienone is 26. The summed E-state index contributed by atoms with van der Waals surface area (Å²) in [4.78, 5) is 38.4. The van der Waals surface area contributed by atoms with Gasteiger partial charge in [-0.05, 0) is 141 Å². The molecule has 0 spiro atoms. The molecule has 0 saturated carbocycles. The molecule has 0 aromatic carbocycles. The molecule has 1 unspecified atom stereocenters. The Bertz CT molecular complexity index is 1810. The molecule has 1 atom stereocenters.